The molecule has 0 radical (unpaired) electrons. The molecule has 0 bridgehead atoms. The molecular formula is C13H17BrClNO2S. The van der Waals surface area contributed by atoms with Crippen LogP contribution in [0, 0.1) is 5.92 Å². The SMILES string of the molecule is CCCC1CCN(S(=O)(=O)c2ccc(Cl)c(Br)c2)C1. The largest absolute Gasteiger partial charge is 0.243 e. The summed E-state index contributed by atoms with van der Waals surface area (Å²) in [5.41, 5.74) is 0. The van der Waals surface area contributed by atoms with E-state index in [1.165, 1.54) is 0 Å². The summed E-state index contributed by atoms with van der Waals surface area (Å²) < 4.78 is 27.2. The molecule has 1 aliphatic heterocycles. The first-order valence-corrected chi connectivity index (χ1v) is 9.01. The molecule has 19 heavy (non-hydrogen) atoms. The van der Waals surface area contributed by atoms with Crippen LogP contribution in [-0.2, 0) is 10.0 Å². The van der Waals surface area contributed by atoms with Crippen LogP contribution in [0.5, 0.6) is 0 Å². The van der Waals surface area contributed by atoms with Gasteiger partial charge in [0.15, 0.2) is 0 Å². The van der Waals surface area contributed by atoms with Crippen molar-refractivity contribution in [2.45, 2.75) is 31.1 Å². The minimum Gasteiger partial charge on any atom is -0.207 e. The van der Waals surface area contributed by atoms with E-state index in [0.717, 1.165) is 19.3 Å². The minimum atomic E-state index is -3.38. The lowest BCUT2D eigenvalue weighted by atomic mass is 10.0. The Bertz CT molecular complexity index is 562. The van der Waals surface area contributed by atoms with E-state index in [-0.39, 0.29) is 0 Å². The van der Waals surface area contributed by atoms with E-state index >= 15 is 0 Å². The average molecular weight is 367 g/mol. The van der Waals surface area contributed by atoms with Gasteiger partial charge in [-0.25, -0.2) is 8.42 Å². The molecule has 0 aromatic heterocycles. The molecule has 1 aromatic rings. The van der Waals surface area contributed by atoms with Crippen molar-refractivity contribution in [1.82, 2.24) is 4.31 Å². The zero-order valence-corrected chi connectivity index (χ0v) is 13.9. The second kappa shape index (κ2) is 6.12. The first-order chi connectivity index (χ1) is 8.95. The van der Waals surface area contributed by atoms with Gasteiger partial charge in [-0.15, -0.1) is 0 Å². The van der Waals surface area contributed by atoms with Gasteiger partial charge < -0.3 is 0 Å². The number of benzene rings is 1. The second-order valence-electron chi connectivity index (χ2n) is 4.88. The van der Waals surface area contributed by atoms with E-state index < -0.39 is 10.0 Å². The van der Waals surface area contributed by atoms with Crippen LogP contribution in [0.25, 0.3) is 0 Å². The highest BCUT2D eigenvalue weighted by molar-refractivity contribution is 9.10. The highest BCUT2D eigenvalue weighted by atomic mass is 79.9. The van der Waals surface area contributed by atoms with Crippen molar-refractivity contribution in [3.8, 4) is 0 Å². The van der Waals surface area contributed by atoms with Crippen molar-refractivity contribution in [3.05, 3.63) is 27.7 Å². The molecule has 0 N–H and O–H groups in total. The van der Waals surface area contributed by atoms with Crippen molar-refractivity contribution in [2.75, 3.05) is 13.1 Å². The molecule has 0 spiro atoms. The van der Waals surface area contributed by atoms with E-state index in [9.17, 15) is 8.42 Å². The number of hydrogen-bond acceptors (Lipinski definition) is 2. The zero-order chi connectivity index (χ0) is 14.0. The van der Waals surface area contributed by atoms with Gasteiger partial charge in [-0.3, -0.25) is 0 Å². The highest BCUT2D eigenvalue weighted by Gasteiger charge is 2.32. The van der Waals surface area contributed by atoms with Gasteiger partial charge in [0.2, 0.25) is 10.0 Å². The molecule has 1 aliphatic rings. The predicted molar refractivity (Wildman–Crippen MR) is 80.9 cm³/mol. The molecule has 1 saturated heterocycles. The maximum atomic E-state index is 12.5. The summed E-state index contributed by atoms with van der Waals surface area (Å²) in [5, 5.41) is 0.518. The monoisotopic (exact) mass is 365 g/mol. The summed E-state index contributed by atoms with van der Waals surface area (Å²) in [6.45, 7) is 3.39. The molecule has 3 nitrogen and oxygen atoms in total. The third-order valence-corrected chi connectivity index (χ3v) is 6.55. The van der Waals surface area contributed by atoms with Crippen molar-refractivity contribution in [1.29, 1.82) is 0 Å². The van der Waals surface area contributed by atoms with Crippen molar-refractivity contribution < 1.29 is 8.42 Å². The van der Waals surface area contributed by atoms with E-state index in [4.69, 9.17) is 11.6 Å². The summed E-state index contributed by atoms with van der Waals surface area (Å²) in [4.78, 5) is 0.306. The molecule has 106 valence electrons. The Balaban J connectivity index is 2.21. The van der Waals surface area contributed by atoms with Gasteiger partial charge in [-0.1, -0.05) is 24.9 Å². The second-order valence-corrected chi connectivity index (χ2v) is 8.08. The van der Waals surface area contributed by atoms with Gasteiger partial charge in [-0.2, -0.15) is 4.31 Å². The van der Waals surface area contributed by atoms with Gasteiger partial charge in [0.25, 0.3) is 0 Å². The van der Waals surface area contributed by atoms with Crippen LogP contribution in [0.2, 0.25) is 5.02 Å². The molecule has 0 amide bonds. The first kappa shape index (κ1) is 15.3. The summed E-state index contributed by atoms with van der Waals surface area (Å²) in [6, 6.07) is 4.75. The van der Waals surface area contributed by atoms with E-state index in [2.05, 4.69) is 22.9 Å². The van der Waals surface area contributed by atoms with Crippen LogP contribution in [-0.4, -0.2) is 25.8 Å². The minimum absolute atomic E-state index is 0.306. The number of sulfonamides is 1. The fourth-order valence-electron chi connectivity index (χ4n) is 2.45. The maximum absolute atomic E-state index is 12.5. The molecule has 1 unspecified atom stereocenters. The fraction of sp³-hybridized carbons (Fsp3) is 0.538. The topological polar surface area (TPSA) is 37.4 Å². The van der Waals surface area contributed by atoms with Crippen LogP contribution in [0.4, 0.5) is 0 Å². The number of nitrogens with zero attached hydrogens (tertiary/aromatic N) is 1. The zero-order valence-electron chi connectivity index (χ0n) is 10.8. The normalized spacial score (nSPS) is 20.9. The number of rotatable bonds is 4. The Morgan fingerprint density at radius 3 is 2.84 bits per heavy atom. The molecule has 0 aliphatic carbocycles. The van der Waals surface area contributed by atoms with Crippen LogP contribution in [0.1, 0.15) is 26.2 Å². The smallest absolute Gasteiger partial charge is 0.207 e. The molecule has 2 rings (SSSR count). The summed E-state index contributed by atoms with van der Waals surface area (Å²) in [6.07, 6.45) is 3.16. The Hall–Kier alpha value is -0.100. The van der Waals surface area contributed by atoms with Crippen LogP contribution in [0.15, 0.2) is 27.6 Å². The predicted octanol–water partition coefficient (Wildman–Crippen LogP) is 3.91. The lowest BCUT2D eigenvalue weighted by Crippen LogP contribution is -2.28. The van der Waals surface area contributed by atoms with Gasteiger partial charge in [0, 0.05) is 17.6 Å². The molecular weight excluding hydrogens is 350 g/mol. The van der Waals surface area contributed by atoms with Crippen LogP contribution in [0.3, 0.4) is 0 Å². The van der Waals surface area contributed by atoms with Crippen molar-refractivity contribution >= 4 is 37.6 Å². The van der Waals surface area contributed by atoms with Gasteiger partial charge >= 0.3 is 0 Å². The molecule has 1 atom stereocenters. The lowest BCUT2D eigenvalue weighted by molar-refractivity contribution is 0.444. The van der Waals surface area contributed by atoms with E-state index in [1.54, 1.807) is 22.5 Å². The van der Waals surface area contributed by atoms with E-state index in [1.807, 2.05) is 0 Å². The Kier molecular flexibility index (Phi) is 4.93. The fourth-order valence-corrected chi connectivity index (χ4v) is 4.65. The highest BCUT2D eigenvalue weighted by Crippen LogP contribution is 2.30. The van der Waals surface area contributed by atoms with Crippen molar-refractivity contribution in [3.63, 3.8) is 0 Å². The Morgan fingerprint density at radius 2 is 2.21 bits per heavy atom. The lowest BCUT2D eigenvalue weighted by Gasteiger charge is -2.17. The molecule has 0 saturated carbocycles. The van der Waals surface area contributed by atoms with Gasteiger partial charge in [0.1, 0.15) is 0 Å². The summed E-state index contributed by atoms with van der Waals surface area (Å²) in [5.74, 6) is 0.496. The molecule has 1 aromatic carbocycles. The standard InChI is InChI=1S/C13H17BrClNO2S/c1-2-3-10-6-7-16(9-10)19(17,18)11-4-5-13(15)12(14)8-11/h4-5,8,10H,2-3,6-7,9H2,1H3. The third-order valence-electron chi connectivity index (χ3n) is 3.47. The van der Waals surface area contributed by atoms with Gasteiger partial charge in [0.05, 0.1) is 9.92 Å². The number of halogens is 2. The average Bonchev–Trinajstić information content (AvgIpc) is 2.82. The van der Waals surface area contributed by atoms with Crippen LogP contribution < -0.4 is 0 Å². The molecule has 1 heterocycles. The van der Waals surface area contributed by atoms with Gasteiger partial charge in [-0.05, 0) is 52.9 Å². The summed E-state index contributed by atoms with van der Waals surface area (Å²) in [7, 11) is -3.38. The van der Waals surface area contributed by atoms with Crippen molar-refractivity contribution in [2.24, 2.45) is 5.92 Å². The Labute approximate surface area is 128 Å². The molecule has 6 heteroatoms. The van der Waals surface area contributed by atoms with Crippen LogP contribution >= 0.6 is 27.5 Å². The summed E-state index contributed by atoms with van der Waals surface area (Å²) >= 11 is 9.17. The Morgan fingerprint density at radius 1 is 1.47 bits per heavy atom. The molecule has 1 fully saturated rings. The first-order valence-electron chi connectivity index (χ1n) is 6.40. The quantitative estimate of drug-likeness (QED) is 0.810. The maximum Gasteiger partial charge on any atom is 0.243 e. The number of hydrogen-bond donors (Lipinski definition) is 0. The third kappa shape index (κ3) is 3.32. The van der Waals surface area contributed by atoms with E-state index in [0.29, 0.717) is 33.4 Å².